The molecule has 0 atom stereocenters. The number of rotatable bonds is 4. The number of hydrogen-bond acceptors (Lipinski definition) is 3. The fourth-order valence-electron chi connectivity index (χ4n) is 1.76. The molecule has 0 aromatic heterocycles. The van der Waals surface area contributed by atoms with Gasteiger partial charge in [-0.1, -0.05) is 39.7 Å². The van der Waals surface area contributed by atoms with Gasteiger partial charge in [-0.05, 0) is 36.2 Å². The van der Waals surface area contributed by atoms with E-state index in [2.05, 4.69) is 21.2 Å². The van der Waals surface area contributed by atoms with E-state index < -0.39 is 4.92 Å². The van der Waals surface area contributed by atoms with Crippen LogP contribution in [0.15, 0.2) is 40.9 Å². The van der Waals surface area contributed by atoms with Gasteiger partial charge in [0.25, 0.3) is 5.69 Å². The van der Waals surface area contributed by atoms with E-state index in [0.717, 1.165) is 10.0 Å². The van der Waals surface area contributed by atoms with Crippen molar-refractivity contribution in [1.29, 1.82) is 0 Å². The Kier molecular flexibility index (Phi) is 4.62. The average molecular weight is 356 g/mol. The number of nitrogens with one attached hydrogen (secondary N) is 1. The zero-order valence-corrected chi connectivity index (χ0v) is 13.0. The van der Waals surface area contributed by atoms with Gasteiger partial charge in [0.1, 0.15) is 5.02 Å². The molecular formula is C14H12BrClN2O2. The molecule has 0 unspecified atom stereocenters. The predicted molar refractivity (Wildman–Crippen MR) is 84.3 cm³/mol. The first-order valence-electron chi connectivity index (χ1n) is 5.90. The highest BCUT2D eigenvalue weighted by Gasteiger charge is 2.12. The van der Waals surface area contributed by atoms with Crippen molar-refractivity contribution in [3.8, 4) is 0 Å². The molecule has 1 N–H and O–H groups in total. The van der Waals surface area contributed by atoms with Crippen molar-refractivity contribution >= 4 is 38.9 Å². The summed E-state index contributed by atoms with van der Waals surface area (Å²) in [6.45, 7) is 2.59. The summed E-state index contributed by atoms with van der Waals surface area (Å²) in [5, 5.41) is 14.1. The topological polar surface area (TPSA) is 55.2 Å². The largest absolute Gasteiger partial charge is 0.381 e. The summed E-state index contributed by atoms with van der Waals surface area (Å²) in [5.74, 6) is 0. The molecule has 0 fully saturated rings. The van der Waals surface area contributed by atoms with E-state index >= 15 is 0 Å². The minimum absolute atomic E-state index is 0.0976. The van der Waals surface area contributed by atoms with Crippen molar-refractivity contribution in [2.45, 2.75) is 13.5 Å². The van der Waals surface area contributed by atoms with E-state index in [4.69, 9.17) is 11.6 Å². The predicted octanol–water partition coefficient (Wildman–Crippen LogP) is 4.93. The molecule has 4 nitrogen and oxygen atoms in total. The van der Waals surface area contributed by atoms with Crippen LogP contribution in [0.1, 0.15) is 11.1 Å². The second-order valence-corrected chi connectivity index (χ2v) is 5.63. The lowest BCUT2D eigenvalue weighted by Gasteiger charge is -2.09. The molecule has 0 heterocycles. The first-order valence-corrected chi connectivity index (χ1v) is 7.07. The van der Waals surface area contributed by atoms with Crippen molar-refractivity contribution < 1.29 is 4.92 Å². The summed E-state index contributed by atoms with van der Waals surface area (Å²) in [6, 6.07) is 10.7. The van der Waals surface area contributed by atoms with Crippen molar-refractivity contribution in [2.24, 2.45) is 0 Å². The van der Waals surface area contributed by atoms with E-state index in [1.54, 1.807) is 6.07 Å². The van der Waals surface area contributed by atoms with Crippen molar-refractivity contribution in [3.63, 3.8) is 0 Å². The van der Waals surface area contributed by atoms with Crippen LogP contribution in [0.4, 0.5) is 11.4 Å². The summed E-state index contributed by atoms with van der Waals surface area (Å²) in [6.07, 6.45) is 0. The molecule has 0 radical (unpaired) electrons. The number of aryl methyl sites for hydroxylation is 1. The molecule has 0 saturated carbocycles. The third-order valence-corrected chi connectivity index (χ3v) is 3.89. The second kappa shape index (κ2) is 6.24. The molecule has 2 aromatic carbocycles. The van der Waals surface area contributed by atoms with E-state index in [1.165, 1.54) is 17.7 Å². The van der Waals surface area contributed by atoms with E-state index in [-0.39, 0.29) is 10.7 Å². The summed E-state index contributed by atoms with van der Waals surface area (Å²) in [7, 11) is 0. The quantitative estimate of drug-likeness (QED) is 0.625. The van der Waals surface area contributed by atoms with Crippen LogP contribution in [0, 0.1) is 17.0 Å². The molecule has 0 aliphatic heterocycles. The highest BCUT2D eigenvalue weighted by atomic mass is 79.9. The molecule has 0 amide bonds. The Morgan fingerprint density at radius 2 is 2.05 bits per heavy atom. The molecule has 0 spiro atoms. The van der Waals surface area contributed by atoms with Gasteiger partial charge >= 0.3 is 0 Å². The SMILES string of the molecule is Cc1ccc(CNc2ccc(Cl)c([N+](=O)[O-])c2)c(Br)c1. The molecule has 0 aliphatic rings. The minimum Gasteiger partial charge on any atom is -0.381 e. The zero-order valence-electron chi connectivity index (χ0n) is 10.7. The van der Waals surface area contributed by atoms with Gasteiger partial charge in [-0.2, -0.15) is 0 Å². The average Bonchev–Trinajstić information content (AvgIpc) is 2.39. The van der Waals surface area contributed by atoms with E-state index in [0.29, 0.717) is 12.2 Å². The van der Waals surface area contributed by atoms with Crippen molar-refractivity contribution in [2.75, 3.05) is 5.32 Å². The van der Waals surface area contributed by atoms with Gasteiger partial charge in [0.2, 0.25) is 0 Å². The number of nitro benzene ring substituents is 1. The Morgan fingerprint density at radius 3 is 2.70 bits per heavy atom. The number of halogens is 2. The maximum Gasteiger partial charge on any atom is 0.289 e. The molecule has 2 aromatic rings. The number of benzene rings is 2. The van der Waals surface area contributed by atoms with Crippen LogP contribution in [0.2, 0.25) is 5.02 Å². The second-order valence-electron chi connectivity index (χ2n) is 4.37. The summed E-state index contributed by atoms with van der Waals surface area (Å²) < 4.78 is 1.01. The van der Waals surface area contributed by atoms with Gasteiger partial charge in [-0.3, -0.25) is 10.1 Å². The van der Waals surface area contributed by atoms with Gasteiger partial charge in [-0.15, -0.1) is 0 Å². The Hall–Kier alpha value is -1.59. The number of hydrogen-bond donors (Lipinski definition) is 1. The number of nitrogens with zero attached hydrogens (tertiary/aromatic N) is 1. The van der Waals surface area contributed by atoms with E-state index in [1.807, 2.05) is 25.1 Å². The molecular weight excluding hydrogens is 344 g/mol. The molecule has 0 saturated heterocycles. The zero-order chi connectivity index (χ0) is 14.7. The Bertz CT molecular complexity index is 662. The Labute approximate surface area is 130 Å². The molecule has 6 heteroatoms. The maximum atomic E-state index is 10.8. The third kappa shape index (κ3) is 3.49. The molecule has 0 aliphatic carbocycles. The van der Waals surface area contributed by atoms with Crippen LogP contribution in [-0.2, 0) is 6.54 Å². The van der Waals surface area contributed by atoms with Crippen LogP contribution in [0.5, 0.6) is 0 Å². The van der Waals surface area contributed by atoms with Crippen LogP contribution in [-0.4, -0.2) is 4.92 Å². The normalized spacial score (nSPS) is 10.3. The Morgan fingerprint density at radius 1 is 1.30 bits per heavy atom. The molecule has 20 heavy (non-hydrogen) atoms. The molecule has 2 rings (SSSR count). The lowest BCUT2D eigenvalue weighted by Crippen LogP contribution is -2.01. The Balaban J connectivity index is 2.15. The van der Waals surface area contributed by atoms with Crippen LogP contribution in [0.3, 0.4) is 0 Å². The van der Waals surface area contributed by atoms with Gasteiger partial charge in [0.05, 0.1) is 4.92 Å². The fraction of sp³-hybridized carbons (Fsp3) is 0.143. The van der Waals surface area contributed by atoms with Crippen LogP contribution in [0.25, 0.3) is 0 Å². The van der Waals surface area contributed by atoms with Gasteiger partial charge < -0.3 is 5.32 Å². The van der Waals surface area contributed by atoms with Gasteiger partial charge in [0.15, 0.2) is 0 Å². The minimum atomic E-state index is -0.491. The standard InChI is InChI=1S/C14H12BrClN2O2/c1-9-2-3-10(12(15)6-9)8-17-11-4-5-13(16)14(7-11)18(19)20/h2-7,17H,8H2,1H3. The number of nitro groups is 1. The summed E-state index contributed by atoms with van der Waals surface area (Å²) in [4.78, 5) is 10.3. The monoisotopic (exact) mass is 354 g/mol. The smallest absolute Gasteiger partial charge is 0.289 e. The van der Waals surface area contributed by atoms with Crippen LogP contribution < -0.4 is 5.32 Å². The van der Waals surface area contributed by atoms with E-state index in [9.17, 15) is 10.1 Å². The maximum absolute atomic E-state index is 10.8. The van der Waals surface area contributed by atoms with Crippen molar-refractivity contribution in [1.82, 2.24) is 0 Å². The highest BCUT2D eigenvalue weighted by Crippen LogP contribution is 2.28. The van der Waals surface area contributed by atoms with Crippen molar-refractivity contribution in [3.05, 3.63) is 67.1 Å². The first-order chi connectivity index (χ1) is 9.47. The van der Waals surface area contributed by atoms with Gasteiger partial charge in [0, 0.05) is 22.8 Å². The summed E-state index contributed by atoms with van der Waals surface area (Å²) in [5.41, 5.74) is 2.81. The first kappa shape index (κ1) is 14.8. The van der Waals surface area contributed by atoms with Gasteiger partial charge in [-0.25, -0.2) is 0 Å². The lowest BCUT2D eigenvalue weighted by atomic mass is 10.1. The van der Waals surface area contributed by atoms with Crippen LogP contribution >= 0.6 is 27.5 Å². The summed E-state index contributed by atoms with van der Waals surface area (Å²) >= 11 is 9.27. The lowest BCUT2D eigenvalue weighted by molar-refractivity contribution is -0.384. The molecule has 104 valence electrons. The fourth-order valence-corrected chi connectivity index (χ4v) is 2.58. The number of anilines is 1. The highest BCUT2D eigenvalue weighted by molar-refractivity contribution is 9.10. The molecule has 0 bridgehead atoms. The third-order valence-electron chi connectivity index (χ3n) is 2.83.